The molecule has 0 aliphatic carbocycles. The molecule has 0 radical (unpaired) electrons. The molecular weight excluding hydrogens is 294 g/mol. The molecule has 0 aromatic heterocycles. The van der Waals surface area contributed by atoms with E-state index < -0.39 is 0 Å². The monoisotopic (exact) mass is 341 g/mol. The first-order valence-corrected chi connectivity index (χ1v) is 10.4. The number of hydrogen-bond acceptors (Lipinski definition) is 3. The molecule has 0 aliphatic heterocycles. The third kappa shape index (κ3) is 9.39. The maximum absolute atomic E-state index is 5.76. The minimum absolute atomic E-state index is 0.636. The van der Waals surface area contributed by atoms with E-state index in [1.54, 1.807) is 0 Å². The van der Waals surface area contributed by atoms with E-state index in [-0.39, 0.29) is 0 Å². The summed E-state index contributed by atoms with van der Waals surface area (Å²) in [7, 11) is 0. The zero-order valence-electron chi connectivity index (χ0n) is 17.9. The van der Waals surface area contributed by atoms with Crippen molar-refractivity contribution in [2.24, 2.45) is 29.4 Å². The summed E-state index contributed by atoms with van der Waals surface area (Å²) in [5, 5.41) is 3.77. The molecule has 0 saturated heterocycles. The quantitative estimate of drug-likeness (QED) is 0.461. The Bertz CT molecular complexity index is 271. The van der Waals surface area contributed by atoms with Gasteiger partial charge >= 0.3 is 0 Å². The summed E-state index contributed by atoms with van der Waals surface area (Å²) in [5.74, 6) is 2.81. The van der Waals surface area contributed by atoms with Gasteiger partial charge < -0.3 is 11.1 Å². The molecule has 0 rings (SSSR count). The maximum Gasteiger partial charge on any atom is 0.0141 e. The minimum Gasteiger partial charge on any atom is -0.330 e. The fourth-order valence-corrected chi connectivity index (χ4v) is 4.27. The summed E-state index contributed by atoms with van der Waals surface area (Å²) in [5.41, 5.74) is 5.76. The van der Waals surface area contributed by atoms with Gasteiger partial charge in [-0.2, -0.15) is 0 Å². The highest BCUT2D eigenvalue weighted by Gasteiger charge is 2.24. The second-order valence-corrected chi connectivity index (χ2v) is 8.83. The van der Waals surface area contributed by atoms with Gasteiger partial charge in [0.05, 0.1) is 0 Å². The second kappa shape index (κ2) is 13.1. The SMILES string of the molecule is CC(C)C(NCCCCN(CCCN)C(C(C)C)C(C)C)C(C)C. The van der Waals surface area contributed by atoms with Crippen LogP contribution in [-0.4, -0.2) is 43.2 Å². The van der Waals surface area contributed by atoms with E-state index >= 15 is 0 Å². The highest BCUT2D eigenvalue weighted by atomic mass is 15.2. The predicted octanol–water partition coefficient (Wildman–Crippen LogP) is 4.37. The van der Waals surface area contributed by atoms with Crippen molar-refractivity contribution in [3.8, 4) is 0 Å². The first-order chi connectivity index (χ1) is 11.2. The van der Waals surface area contributed by atoms with Gasteiger partial charge in [0.2, 0.25) is 0 Å². The standard InChI is InChI=1S/C21H47N3/c1-16(2)20(17(3)4)23-13-9-10-14-24(15-11-12-22)21(18(5)6)19(7)8/h16-21,23H,9-15,22H2,1-8H3. The molecule has 0 aromatic carbocycles. The van der Waals surface area contributed by atoms with Gasteiger partial charge in [-0.05, 0) is 69.1 Å². The van der Waals surface area contributed by atoms with Gasteiger partial charge in [0.1, 0.15) is 0 Å². The minimum atomic E-state index is 0.636. The number of nitrogens with two attached hydrogens (primary N) is 1. The van der Waals surface area contributed by atoms with Crippen LogP contribution < -0.4 is 11.1 Å². The molecule has 0 amide bonds. The Balaban J connectivity index is 4.36. The zero-order valence-corrected chi connectivity index (χ0v) is 17.9. The normalized spacial score (nSPS) is 13.0. The van der Waals surface area contributed by atoms with Crippen LogP contribution in [0.2, 0.25) is 0 Å². The van der Waals surface area contributed by atoms with Gasteiger partial charge in [0.25, 0.3) is 0 Å². The van der Waals surface area contributed by atoms with Crippen molar-refractivity contribution in [1.29, 1.82) is 0 Å². The molecule has 0 saturated carbocycles. The van der Waals surface area contributed by atoms with Crippen LogP contribution in [0.1, 0.15) is 74.7 Å². The van der Waals surface area contributed by atoms with E-state index in [2.05, 4.69) is 65.6 Å². The lowest BCUT2D eigenvalue weighted by atomic mass is 9.91. The number of hydrogen-bond donors (Lipinski definition) is 2. The van der Waals surface area contributed by atoms with Gasteiger partial charge in [0, 0.05) is 12.1 Å². The zero-order chi connectivity index (χ0) is 18.7. The molecule has 0 bridgehead atoms. The van der Waals surface area contributed by atoms with Crippen molar-refractivity contribution in [1.82, 2.24) is 10.2 Å². The van der Waals surface area contributed by atoms with E-state index in [9.17, 15) is 0 Å². The van der Waals surface area contributed by atoms with Crippen molar-refractivity contribution in [3.05, 3.63) is 0 Å². The molecule has 3 N–H and O–H groups in total. The fraction of sp³-hybridized carbons (Fsp3) is 1.00. The smallest absolute Gasteiger partial charge is 0.0141 e. The Labute approximate surface area is 153 Å². The molecule has 0 spiro atoms. The topological polar surface area (TPSA) is 41.3 Å². The van der Waals surface area contributed by atoms with E-state index in [1.807, 2.05) is 0 Å². The third-order valence-corrected chi connectivity index (χ3v) is 5.13. The molecule has 3 heteroatoms. The average Bonchev–Trinajstić information content (AvgIpc) is 2.45. The van der Waals surface area contributed by atoms with Gasteiger partial charge in [-0.25, -0.2) is 0 Å². The van der Waals surface area contributed by atoms with Crippen LogP contribution >= 0.6 is 0 Å². The first-order valence-electron chi connectivity index (χ1n) is 10.4. The van der Waals surface area contributed by atoms with E-state index in [4.69, 9.17) is 5.73 Å². The second-order valence-electron chi connectivity index (χ2n) is 8.83. The van der Waals surface area contributed by atoms with Gasteiger partial charge in [0.15, 0.2) is 0 Å². The van der Waals surface area contributed by atoms with Crippen LogP contribution in [0.3, 0.4) is 0 Å². The maximum atomic E-state index is 5.76. The number of nitrogens with one attached hydrogen (secondary N) is 1. The molecule has 0 heterocycles. The lowest BCUT2D eigenvalue weighted by Gasteiger charge is -2.37. The summed E-state index contributed by atoms with van der Waals surface area (Å²) >= 11 is 0. The molecule has 0 aromatic rings. The van der Waals surface area contributed by atoms with Crippen molar-refractivity contribution < 1.29 is 0 Å². The summed E-state index contributed by atoms with van der Waals surface area (Å²) in [6, 6.07) is 1.31. The molecule has 0 aliphatic rings. The van der Waals surface area contributed by atoms with Crippen LogP contribution in [0.25, 0.3) is 0 Å². The van der Waals surface area contributed by atoms with Gasteiger partial charge in [-0.1, -0.05) is 55.4 Å². The molecule has 0 atom stereocenters. The Morgan fingerprint density at radius 1 is 0.708 bits per heavy atom. The Kier molecular flexibility index (Phi) is 13.1. The van der Waals surface area contributed by atoms with Crippen LogP contribution in [-0.2, 0) is 0 Å². The fourth-order valence-electron chi connectivity index (χ4n) is 4.27. The molecule has 146 valence electrons. The highest BCUT2D eigenvalue weighted by Crippen LogP contribution is 2.20. The van der Waals surface area contributed by atoms with Crippen LogP contribution in [0, 0.1) is 23.7 Å². The summed E-state index contributed by atoms with van der Waals surface area (Å²) in [4.78, 5) is 2.70. The Morgan fingerprint density at radius 3 is 1.62 bits per heavy atom. The Hall–Kier alpha value is -0.120. The number of unbranched alkanes of at least 4 members (excludes halogenated alkanes) is 1. The predicted molar refractivity (Wildman–Crippen MR) is 109 cm³/mol. The summed E-state index contributed by atoms with van der Waals surface area (Å²) in [6.45, 7) is 23.0. The van der Waals surface area contributed by atoms with Crippen molar-refractivity contribution in [3.63, 3.8) is 0 Å². The van der Waals surface area contributed by atoms with Gasteiger partial charge in [-0.3, -0.25) is 4.90 Å². The van der Waals surface area contributed by atoms with Crippen LogP contribution in [0.5, 0.6) is 0 Å². The molecule has 0 fully saturated rings. The highest BCUT2D eigenvalue weighted by molar-refractivity contribution is 4.79. The average molecular weight is 342 g/mol. The van der Waals surface area contributed by atoms with E-state index in [0.717, 1.165) is 26.1 Å². The lowest BCUT2D eigenvalue weighted by Crippen LogP contribution is -2.44. The van der Waals surface area contributed by atoms with Crippen LogP contribution in [0.15, 0.2) is 0 Å². The largest absolute Gasteiger partial charge is 0.330 e. The van der Waals surface area contributed by atoms with E-state index in [0.29, 0.717) is 35.8 Å². The molecule has 0 unspecified atom stereocenters. The molecule has 3 nitrogen and oxygen atoms in total. The summed E-state index contributed by atoms with van der Waals surface area (Å²) in [6.07, 6.45) is 3.64. The van der Waals surface area contributed by atoms with Crippen molar-refractivity contribution in [2.45, 2.75) is 86.7 Å². The van der Waals surface area contributed by atoms with Crippen LogP contribution in [0.4, 0.5) is 0 Å². The lowest BCUT2D eigenvalue weighted by molar-refractivity contribution is 0.111. The Morgan fingerprint density at radius 2 is 1.21 bits per heavy atom. The molecule has 24 heavy (non-hydrogen) atoms. The summed E-state index contributed by atoms with van der Waals surface area (Å²) < 4.78 is 0. The van der Waals surface area contributed by atoms with E-state index in [1.165, 1.54) is 19.4 Å². The third-order valence-electron chi connectivity index (χ3n) is 5.13. The number of rotatable bonds is 14. The first kappa shape index (κ1) is 23.9. The van der Waals surface area contributed by atoms with Crippen molar-refractivity contribution >= 4 is 0 Å². The van der Waals surface area contributed by atoms with Gasteiger partial charge in [-0.15, -0.1) is 0 Å². The van der Waals surface area contributed by atoms with Crippen molar-refractivity contribution in [2.75, 3.05) is 26.2 Å². The molecular formula is C21H47N3. The number of nitrogens with zero attached hydrogens (tertiary/aromatic N) is 1.